The first-order valence-corrected chi connectivity index (χ1v) is 9.90. The fraction of sp³-hybridized carbons (Fsp3) is 0.714. The van der Waals surface area contributed by atoms with Crippen LogP contribution in [0.5, 0.6) is 5.75 Å². The molecule has 1 aromatic carbocycles. The lowest BCUT2D eigenvalue weighted by Gasteiger charge is -2.46. The largest absolute Gasteiger partial charge is 0.493 e. The lowest BCUT2D eigenvalue weighted by atomic mass is 9.79. The number of aliphatic hydroxyl groups excluding tert-OH is 2. The van der Waals surface area contributed by atoms with Gasteiger partial charge in [0.25, 0.3) is 0 Å². The summed E-state index contributed by atoms with van der Waals surface area (Å²) >= 11 is 0. The second kappa shape index (κ2) is 8.68. The minimum Gasteiger partial charge on any atom is -0.493 e. The van der Waals surface area contributed by atoms with Crippen molar-refractivity contribution in [1.29, 1.82) is 0 Å². The molecule has 146 valence electrons. The van der Waals surface area contributed by atoms with Crippen LogP contribution in [0.3, 0.4) is 0 Å². The molecule has 0 bridgehead atoms. The second-order valence-corrected chi connectivity index (χ2v) is 8.16. The molecule has 0 radical (unpaired) electrons. The number of piperidine rings is 1. The van der Waals surface area contributed by atoms with E-state index in [0.717, 1.165) is 37.9 Å². The number of halogens is 1. The van der Waals surface area contributed by atoms with Crippen molar-refractivity contribution in [3.8, 4) is 5.75 Å². The third kappa shape index (κ3) is 4.21. The minimum atomic E-state index is -0.397. The molecule has 1 aromatic rings. The molecule has 2 heterocycles. The first-order chi connectivity index (χ1) is 12.5. The van der Waals surface area contributed by atoms with Crippen molar-refractivity contribution < 1.29 is 19.3 Å². The maximum atomic E-state index is 12.3. The molecule has 1 saturated heterocycles. The predicted octanol–water partition coefficient (Wildman–Crippen LogP) is 3.24. The molecule has 0 aromatic heterocycles. The molecule has 2 aliphatic heterocycles. The molecule has 3 rings (SSSR count). The van der Waals surface area contributed by atoms with Crippen molar-refractivity contribution in [2.45, 2.75) is 58.3 Å². The van der Waals surface area contributed by atoms with E-state index in [4.69, 9.17) is 4.74 Å². The Labute approximate surface area is 156 Å². The summed E-state index contributed by atoms with van der Waals surface area (Å²) in [6.45, 7) is 6.18. The third-order valence-electron chi connectivity index (χ3n) is 5.75. The van der Waals surface area contributed by atoms with Gasteiger partial charge in [0.05, 0.1) is 26.0 Å². The van der Waals surface area contributed by atoms with E-state index in [1.807, 2.05) is 12.1 Å². The number of ether oxygens (including phenoxy) is 1. The highest BCUT2D eigenvalue weighted by atomic mass is 19.1. The molecule has 0 spiro atoms. The predicted molar refractivity (Wildman–Crippen MR) is 100 cm³/mol. The Morgan fingerprint density at radius 2 is 2.15 bits per heavy atom. The van der Waals surface area contributed by atoms with Crippen LogP contribution < -0.4 is 4.74 Å². The summed E-state index contributed by atoms with van der Waals surface area (Å²) in [6.07, 6.45) is 2.84. The fourth-order valence-electron chi connectivity index (χ4n) is 4.50. The zero-order valence-corrected chi connectivity index (χ0v) is 16.0. The van der Waals surface area contributed by atoms with Gasteiger partial charge in [-0.25, -0.2) is 0 Å². The van der Waals surface area contributed by atoms with Crippen molar-refractivity contribution in [2.24, 2.45) is 11.8 Å². The van der Waals surface area contributed by atoms with E-state index in [1.165, 1.54) is 11.1 Å². The van der Waals surface area contributed by atoms with Gasteiger partial charge in [0.15, 0.2) is 0 Å². The van der Waals surface area contributed by atoms with E-state index in [-0.39, 0.29) is 18.8 Å². The van der Waals surface area contributed by atoms with E-state index in [0.29, 0.717) is 30.6 Å². The zero-order chi connectivity index (χ0) is 18.7. The van der Waals surface area contributed by atoms with Gasteiger partial charge in [-0.3, -0.25) is 9.29 Å². The number of aliphatic hydroxyl groups is 2. The summed E-state index contributed by atoms with van der Waals surface area (Å²) in [6, 6.07) is 4.26. The normalized spacial score (nSPS) is 25.8. The number of fused-ring (bicyclic) bond motifs is 3. The lowest BCUT2D eigenvalue weighted by Crippen LogP contribution is -2.48. The van der Waals surface area contributed by atoms with Crippen molar-refractivity contribution in [2.75, 3.05) is 26.4 Å². The number of hydrogen-bond donors (Lipinski definition) is 2. The van der Waals surface area contributed by atoms with Crippen LogP contribution in [0, 0.1) is 11.8 Å². The molecule has 2 N–H and O–H groups in total. The topological polar surface area (TPSA) is 52.9 Å². The standard InChI is InChI=1S/C21H32FNO3/c1-14(2)8-16-12-23-6-4-15-10-21(26-7-3-5-22)17(13-24)9-18(15)19(23)11-20(16)25/h9-10,14,16,19-20,24-25H,3-8,11-13H2,1-2H3/t16-,19?,20-/m1/s1. The highest BCUT2D eigenvalue weighted by Gasteiger charge is 2.38. The van der Waals surface area contributed by atoms with Gasteiger partial charge in [0, 0.05) is 31.1 Å². The summed E-state index contributed by atoms with van der Waals surface area (Å²) in [4.78, 5) is 2.49. The van der Waals surface area contributed by atoms with Crippen LogP contribution in [0.2, 0.25) is 0 Å². The highest BCUT2D eigenvalue weighted by molar-refractivity contribution is 5.45. The van der Waals surface area contributed by atoms with E-state index in [1.54, 1.807) is 0 Å². The van der Waals surface area contributed by atoms with Crippen LogP contribution in [0.4, 0.5) is 4.39 Å². The molecule has 0 amide bonds. The maximum Gasteiger partial charge on any atom is 0.125 e. The summed E-state index contributed by atoms with van der Waals surface area (Å²) in [7, 11) is 0. The molecule has 5 heteroatoms. The van der Waals surface area contributed by atoms with Crippen molar-refractivity contribution in [1.82, 2.24) is 4.90 Å². The molecule has 1 unspecified atom stereocenters. The number of nitrogens with zero attached hydrogens (tertiary/aromatic N) is 1. The average Bonchev–Trinajstić information content (AvgIpc) is 2.61. The quantitative estimate of drug-likeness (QED) is 0.729. The van der Waals surface area contributed by atoms with E-state index in [2.05, 4.69) is 18.7 Å². The minimum absolute atomic E-state index is 0.0938. The molecule has 3 atom stereocenters. The van der Waals surface area contributed by atoms with Crippen LogP contribution in [-0.4, -0.2) is 47.6 Å². The maximum absolute atomic E-state index is 12.3. The van der Waals surface area contributed by atoms with Crippen LogP contribution in [0.25, 0.3) is 0 Å². The molecule has 0 saturated carbocycles. The highest BCUT2D eigenvalue weighted by Crippen LogP contribution is 2.42. The molecule has 0 aliphatic carbocycles. The first-order valence-electron chi connectivity index (χ1n) is 9.90. The molecule has 4 nitrogen and oxygen atoms in total. The summed E-state index contributed by atoms with van der Waals surface area (Å²) in [5, 5.41) is 20.4. The van der Waals surface area contributed by atoms with Crippen LogP contribution in [-0.2, 0) is 13.0 Å². The zero-order valence-electron chi connectivity index (χ0n) is 16.0. The molecule has 26 heavy (non-hydrogen) atoms. The summed E-state index contributed by atoms with van der Waals surface area (Å²) in [5.41, 5.74) is 3.19. The Bertz CT molecular complexity index is 607. The molecule has 1 fully saturated rings. The second-order valence-electron chi connectivity index (χ2n) is 8.16. The van der Waals surface area contributed by atoms with E-state index < -0.39 is 6.67 Å². The van der Waals surface area contributed by atoms with Crippen LogP contribution >= 0.6 is 0 Å². The van der Waals surface area contributed by atoms with Gasteiger partial charge in [0.1, 0.15) is 5.75 Å². The number of benzene rings is 1. The average molecular weight is 365 g/mol. The Hall–Kier alpha value is -1.17. The molecular weight excluding hydrogens is 333 g/mol. The van der Waals surface area contributed by atoms with Gasteiger partial charge in [-0.1, -0.05) is 13.8 Å². The Morgan fingerprint density at radius 1 is 1.35 bits per heavy atom. The van der Waals surface area contributed by atoms with Gasteiger partial charge in [-0.15, -0.1) is 0 Å². The summed E-state index contributed by atoms with van der Waals surface area (Å²) < 4.78 is 18.0. The van der Waals surface area contributed by atoms with Gasteiger partial charge >= 0.3 is 0 Å². The van der Waals surface area contributed by atoms with Crippen molar-refractivity contribution in [3.05, 3.63) is 28.8 Å². The first kappa shape index (κ1) is 19.6. The van der Waals surface area contributed by atoms with Gasteiger partial charge in [0.2, 0.25) is 0 Å². The third-order valence-corrected chi connectivity index (χ3v) is 5.75. The number of rotatable bonds is 7. The molecular formula is C21H32FNO3. The van der Waals surface area contributed by atoms with Gasteiger partial charge in [-0.05, 0) is 54.4 Å². The van der Waals surface area contributed by atoms with Crippen LogP contribution in [0.15, 0.2) is 12.1 Å². The van der Waals surface area contributed by atoms with Crippen molar-refractivity contribution in [3.63, 3.8) is 0 Å². The number of alkyl halides is 1. The smallest absolute Gasteiger partial charge is 0.125 e. The Kier molecular flexibility index (Phi) is 6.54. The molecule has 2 aliphatic rings. The summed E-state index contributed by atoms with van der Waals surface area (Å²) in [5.74, 6) is 1.60. The van der Waals surface area contributed by atoms with Gasteiger partial charge in [-0.2, -0.15) is 0 Å². The number of hydrogen-bond acceptors (Lipinski definition) is 4. The van der Waals surface area contributed by atoms with Crippen molar-refractivity contribution >= 4 is 0 Å². The fourth-order valence-corrected chi connectivity index (χ4v) is 4.50. The SMILES string of the molecule is CC(C)C[C@@H]1CN2CCc3cc(OCCCF)c(CO)cc3C2C[C@H]1O. The monoisotopic (exact) mass is 365 g/mol. The van der Waals surface area contributed by atoms with Crippen LogP contribution in [0.1, 0.15) is 55.8 Å². The Balaban J connectivity index is 1.80. The van der Waals surface area contributed by atoms with E-state index in [9.17, 15) is 14.6 Å². The van der Waals surface area contributed by atoms with Gasteiger partial charge < -0.3 is 14.9 Å². The Morgan fingerprint density at radius 3 is 2.85 bits per heavy atom. The lowest BCUT2D eigenvalue weighted by molar-refractivity contribution is -0.0191. The van der Waals surface area contributed by atoms with E-state index >= 15 is 0 Å².